The van der Waals surface area contributed by atoms with E-state index in [1.165, 1.54) is 6.07 Å². The lowest BCUT2D eigenvalue weighted by molar-refractivity contribution is -0.137. The highest BCUT2D eigenvalue weighted by Gasteiger charge is 2.31. The van der Waals surface area contributed by atoms with Crippen molar-refractivity contribution in [3.05, 3.63) is 71.9 Å². The lowest BCUT2D eigenvalue weighted by atomic mass is 10.1. The van der Waals surface area contributed by atoms with Gasteiger partial charge in [-0.3, -0.25) is 9.78 Å². The number of alkyl halides is 3. The summed E-state index contributed by atoms with van der Waals surface area (Å²) >= 11 is 0. The van der Waals surface area contributed by atoms with Crippen LogP contribution in [0.25, 0.3) is 10.9 Å². The minimum Gasteiger partial charge on any atom is -0.490 e. The Hall–Kier alpha value is -3.13. The van der Waals surface area contributed by atoms with Gasteiger partial charge < -0.3 is 15.0 Å². The predicted octanol–water partition coefficient (Wildman–Crippen LogP) is 5.31. The van der Waals surface area contributed by atoms with Crippen LogP contribution in [0.1, 0.15) is 41.6 Å². The second-order valence-corrected chi connectivity index (χ2v) is 8.52. The molecule has 0 spiro atoms. The number of carbonyl (C=O) groups is 1. The Morgan fingerprint density at radius 3 is 2.65 bits per heavy atom. The van der Waals surface area contributed by atoms with E-state index in [0.717, 1.165) is 68.4 Å². The summed E-state index contributed by atoms with van der Waals surface area (Å²) < 4.78 is 44.4. The van der Waals surface area contributed by atoms with Crippen molar-refractivity contribution in [3.8, 4) is 5.75 Å². The van der Waals surface area contributed by atoms with Gasteiger partial charge >= 0.3 is 6.18 Å². The summed E-state index contributed by atoms with van der Waals surface area (Å²) in [4.78, 5) is 19.2. The van der Waals surface area contributed by atoms with Gasteiger partial charge in [-0.1, -0.05) is 24.3 Å². The van der Waals surface area contributed by atoms with Gasteiger partial charge in [-0.15, -0.1) is 0 Å². The predicted molar refractivity (Wildman–Crippen MR) is 125 cm³/mol. The highest BCUT2D eigenvalue weighted by atomic mass is 19.4. The molecule has 2 aromatic carbocycles. The molecule has 1 aliphatic heterocycles. The third-order valence-corrected chi connectivity index (χ3v) is 6.08. The van der Waals surface area contributed by atoms with Crippen LogP contribution in [0, 0.1) is 0 Å². The summed E-state index contributed by atoms with van der Waals surface area (Å²) in [5.74, 6) is 0.178. The molecule has 1 amide bonds. The minimum absolute atomic E-state index is 0.0748. The van der Waals surface area contributed by atoms with Crippen molar-refractivity contribution < 1.29 is 22.7 Å². The molecule has 1 aromatic heterocycles. The van der Waals surface area contributed by atoms with Crippen LogP contribution >= 0.6 is 0 Å². The molecule has 3 aromatic rings. The van der Waals surface area contributed by atoms with Crippen LogP contribution in [-0.4, -0.2) is 48.1 Å². The van der Waals surface area contributed by atoms with Crippen LogP contribution in [-0.2, 0) is 6.18 Å². The number of carbonyl (C=O) groups excluding carboxylic acids is 1. The second kappa shape index (κ2) is 10.9. The summed E-state index contributed by atoms with van der Waals surface area (Å²) in [5, 5.41) is 3.84. The van der Waals surface area contributed by atoms with Gasteiger partial charge in [0.2, 0.25) is 0 Å². The Morgan fingerprint density at radius 1 is 1.06 bits per heavy atom. The van der Waals surface area contributed by atoms with Crippen molar-refractivity contribution in [2.75, 3.05) is 26.2 Å². The Labute approximate surface area is 196 Å². The minimum atomic E-state index is -4.37. The Kier molecular flexibility index (Phi) is 7.67. The highest BCUT2D eigenvalue weighted by molar-refractivity contribution is 6.05. The number of nitrogens with zero attached hydrogens (tertiary/aromatic N) is 2. The van der Waals surface area contributed by atoms with E-state index >= 15 is 0 Å². The monoisotopic (exact) mass is 471 g/mol. The fraction of sp³-hybridized carbons (Fsp3) is 0.385. The van der Waals surface area contributed by atoms with E-state index < -0.39 is 11.7 Å². The maximum Gasteiger partial charge on any atom is 0.416 e. The number of halogens is 3. The van der Waals surface area contributed by atoms with Crippen LogP contribution in [0.2, 0.25) is 0 Å². The summed E-state index contributed by atoms with van der Waals surface area (Å²) in [6.45, 7) is 3.22. The van der Waals surface area contributed by atoms with E-state index in [4.69, 9.17) is 4.74 Å². The van der Waals surface area contributed by atoms with Crippen LogP contribution in [0.3, 0.4) is 0 Å². The van der Waals surface area contributed by atoms with Crippen molar-refractivity contribution in [1.82, 2.24) is 15.2 Å². The van der Waals surface area contributed by atoms with Gasteiger partial charge in [-0.05, 0) is 62.6 Å². The number of rotatable bonds is 8. The maximum atomic E-state index is 12.9. The van der Waals surface area contributed by atoms with Gasteiger partial charge in [0.1, 0.15) is 11.9 Å². The lowest BCUT2D eigenvalue weighted by Crippen LogP contribution is -2.39. The number of para-hydroxylation sites is 1. The molecule has 1 fully saturated rings. The van der Waals surface area contributed by atoms with E-state index in [1.807, 2.05) is 24.3 Å². The standard InChI is InChI=1S/C26H28F3N3O2/c27-26(28,29)19-6-5-7-21(18-19)34-20-11-16-32(17-12-20)15-4-3-13-31-25(33)23-10-14-30-24-9-2-1-8-22(23)24/h1-2,5-10,14,18,20H,3-4,11-13,15-17H2,(H,31,33). The molecule has 0 bridgehead atoms. The van der Waals surface area contributed by atoms with Crippen LogP contribution in [0.4, 0.5) is 13.2 Å². The maximum absolute atomic E-state index is 12.9. The van der Waals surface area contributed by atoms with E-state index in [9.17, 15) is 18.0 Å². The number of nitrogens with one attached hydrogen (secondary N) is 1. The van der Waals surface area contributed by atoms with E-state index in [1.54, 1.807) is 18.3 Å². The molecule has 4 rings (SSSR count). The normalized spacial score (nSPS) is 15.4. The lowest BCUT2D eigenvalue weighted by Gasteiger charge is -2.32. The molecule has 1 N–H and O–H groups in total. The van der Waals surface area contributed by atoms with Crippen molar-refractivity contribution in [1.29, 1.82) is 0 Å². The molecular formula is C26H28F3N3O2. The average Bonchev–Trinajstić information content (AvgIpc) is 2.84. The highest BCUT2D eigenvalue weighted by Crippen LogP contribution is 2.32. The van der Waals surface area contributed by atoms with E-state index in [-0.39, 0.29) is 17.8 Å². The van der Waals surface area contributed by atoms with E-state index in [0.29, 0.717) is 12.1 Å². The van der Waals surface area contributed by atoms with Crippen LogP contribution < -0.4 is 10.1 Å². The van der Waals surface area contributed by atoms with Gasteiger partial charge in [0, 0.05) is 31.2 Å². The number of hydrogen-bond acceptors (Lipinski definition) is 4. The van der Waals surface area contributed by atoms with E-state index in [2.05, 4.69) is 15.2 Å². The fourth-order valence-electron chi connectivity index (χ4n) is 4.24. The number of piperidine rings is 1. The molecule has 0 saturated carbocycles. The number of pyridine rings is 1. The summed E-state index contributed by atoms with van der Waals surface area (Å²) in [6.07, 6.45) is 0.594. The van der Waals surface area contributed by atoms with Gasteiger partial charge in [-0.25, -0.2) is 0 Å². The third-order valence-electron chi connectivity index (χ3n) is 6.08. The zero-order chi connectivity index (χ0) is 24.0. The van der Waals surface area contributed by atoms with Crippen molar-refractivity contribution in [3.63, 3.8) is 0 Å². The third kappa shape index (κ3) is 6.26. The topological polar surface area (TPSA) is 54.5 Å². The largest absolute Gasteiger partial charge is 0.490 e. The summed E-state index contributed by atoms with van der Waals surface area (Å²) in [7, 11) is 0. The first-order chi connectivity index (χ1) is 16.4. The summed E-state index contributed by atoms with van der Waals surface area (Å²) in [5.41, 5.74) is 0.746. The number of benzene rings is 2. The number of aromatic nitrogens is 1. The van der Waals surface area contributed by atoms with Crippen molar-refractivity contribution in [2.24, 2.45) is 0 Å². The number of hydrogen-bond donors (Lipinski definition) is 1. The van der Waals surface area contributed by atoms with Crippen molar-refractivity contribution in [2.45, 2.75) is 38.0 Å². The Morgan fingerprint density at radius 2 is 1.85 bits per heavy atom. The summed E-state index contributed by atoms with van der Waals surface area (Å²) in [6, 6.07) is 14.4. The molecule has 0 unspecified atom stereocenters. The fourth-order valence-corrected chi connectivity index (χ4v) is 4.24. The van der Waals surface area contributed by atoms with Crippen LogP contribution in [0.15, 0.2) is 60.8 Å². The molecule has 0 aliphatic carbocycles. The Bertz CT molecular complexity index is 1110. The first-order valence-corrected chi connectivity index (χ1v) is 11.6. The molecule has 5 nitrogen and oxygen atoms in total. The SMILES string of the molecule is O=C(NCCCCN1CCC(Oc2cccc(C(F)(F)F)c2)CC1)c1ccnc2ccccc12. The molecule has 1 saturated heterocycles. The molecule has 0 atom stereocenters. The Balaban J connectivity index is 1.15. The molecule has 34 heavy (non-hydrogen) atoms. The number of fused-ring (bicyclic) bond motifs is 1. The quantitative estimate of drug-likeness (QED) is 0.453. The zero-order valence-electron chi connectivity index (χ0n) is 18.9. The first-order valence-electron chi connectivity index (χ1n) is 11.6. The number of likely N-dealkylation sites (tertiary alicyclic amines) is 1. The van der Waals surface area contributed by atoms with Gasteiger partial charge in [0.15, 0.2) is 0 Å². The number of ether oxygens (including phenoxy) is 1. The average molecular weight is 472 g/mol. The van der Waals surface area contributed by atoms with Crippen molar-refractivity contribution >= 4 is 16.8 Å². The second-order valence-electron chi connectivity index (χ2n) is 8.52. The zero-order valence-corrected chi connectivity index (χ0v) is 18.9. The molecule has 2 heterocycles. The molecule has 1 aliphatic rings. The van der Waals surface area contributed by atoms with Crippen LogP contribution in [0.5, 0.6) is 5.75 Å². The van der Waals surface area contributed by atoms with Gasteiger partial charge in [0.05, 0.1) is 16.6 Å². The smallest absolute Gasteiger partial charge is 0.416 e. The molecular weight excluding hydrogens is 443 g/mol. The van der Waals surface area contributed by atoms with Gasteiger partial charge in [0.25, 0.3) is 5.91 Å². The van der Waals surface area contributed by atoms with Gasteiger partial charge in [-0.2, -0.15) is 13.2 Å². The molecule has 0 radical (unpaired) electrons. The molecule has 180 valence electrons. The number of amides is 1. The molecule has 8 heteroatoms. The first kappa shape index (κ1) is 24.0. The number of unbranched alkanes of at least 4 members (excludes halogenated alkanes) is 1.